The summed E-state index contributed by atoms with van der Waals surface area (Å²) in [6.45, 7) is 1.79. The largest absolute Gasteiger partial charge is 0.333 e. The van der Waals surface area contributed by atoms with Crippen LogP contribution in [-0.2, 0) is 17.1 Å². The van der Waals surface area contributed by atoms with Crippen LogP contribution in [0.4, 0.5) is 0 Å². The van der Waals surface area contributed by atoms with Crippen LogP contribution in [0.1, 0.15) is 17.4 Å². The molecule has 0 saturated heterocycles. The second-order valence-corrected chi connectivity index (χ2v) is 7.83. The van der Waals surface area contributed by atoms with Crippen LogP contribution in [0.15, 0.2) is 60.8 Å². The average Bonchev–Trinajstić information content (AvgIpc) is 2.97. The summed E-state index contributed by atoms with van der Waals surface area (Å²) in [5.74, 6) is -0.344. The fraction of sp³-hybridized carbons (Fsp3) is 0.222. The second kappa shape index (κ2) is 6.68. The molecule has 1 aliphatic carbocycles. The van der Waals surface area contributed by atoms with Crippen molar-refractivity contribution in [1.29, 1.82) is 0 Å². The Bertz CT molecular complexity index is 943. The number of nitrogens with one attached hydrogen (secondary N) is 1. The monoisotopic (exact) mass is 357 g/mol. The molecule has 25 heavy (non-hydrogen) atoms. The fourth-order valence-electron chi connectivity index (χ4n) is 2.76. The summed E-state index contributed by atoms with van der Waals surface area (Å²) in [6, 6.07) is 9.39. The first-order valence-electron chi connectivity index (χ1n) is 7.88. The highest BCUT2D eigenvalue weighted by Gasteiger charge is 2.31. The van der Waals surface area contributed by atoms with Gasteiger partial charge in [0.1, 0.15) is 16.8 Å². The van der Waals surface area contributed by atoms with Crippen molar-refractivity contribution >= 4 is 15.9 Å². The quantitative estimate of drug-likeness (QED) is 0.910. The Morgan fingerprint density at radius 1 is 1.16 bits per heavy atom. The number of aromatic nitrogens is 2. The second-order valence-electron chi connectivity index (χ2n) is 6.00. The van der Waals surface area contributed by atoms with Crippen molar-refractivity contribution in [2.24, 2.45) is 13.0 Å². The zero-order valence-corrected chi connectivity index (χ0v) is 14.8. The van der Waals surface area contributed by atoms with Crippen molar-refractivity contribution in [2.45, 2.75) is 12.2 Å². The Hall–Kier alpha value is -2.67. The van der Waals surface area contributed by atoms with Gasteiger partial charge in [-0.1, -0.05) is 61.6 Å². The maximum absolute atomic E-state index is 12.5. The van der Waals surface area contributed by atoms with Gasteiger partial charge in [-0.15, -0.1) is 0 Å². The van der Waals surface area contributed by atoms with E-state index in [9.17, 15) is 13.2 Å². The van der Waals surface area contributed by atoms with Crippen LogP contribution in [0, 0.1) is 5.92 Å². The summed E-state index contributed by atoms with van der Waals surface area (Å²) in [7, 11) is -2.07. The van der Waals surface area contributed by atoms with Crippen LogP contribution in [0.2, 0.25) is 0 Å². The lowest BCUT2D eigenvalue weighted by Gasteiger charge is -2.20. The third kappa shape index (κ3) is 3.56. The predicted octanol–water partition coefficient (Wildman–Crippen LogP) is 2.28. The molecule has 0 saturated carbocycles. The Morgan fingerprint density at radius 2 is 1.84 bits per heavy atom. The average molecular weight is 357 g/mol. The number of nitrogens with zero attached hydrogens (tertiary/aromatic N) is 2. The predicted molar refractivity (Wildman–Crippen MR) is 96.3 cm³/mol. The standard InChI is InChI=1S/C18H19N3O3S/c1-13-8-6-7-11-16(13)25(23,24)20-18(22)15-12-21(2)17(19-15)14-9-4-3-5-10-14/h3-13,16H,1-2H3,(H,20,22). The van der Waals surface area contributed by atoms with Gasteiger partial charge in [-0.3, -0.25) is 4.79 Å². The molecule has 1 aromatic heterocycles. The van der Waals surface area contributed by atoms with Gasteiger partial charge in [0, 0.05) is 18.8 Å². The highest BCUT2D eigenvalue weighted by Crippen LogP contribution is 2.20. The van der Waals surface area contributed by atoms with Crippen molar-refractivity contribution < 1.29 is 13.2 Å². The molecule has 2 atom stereocenters. The molecule has 1 aliphatic rings. The summed E-state index contributed by atoms with van der Waals surface area (Å²) < 4.78 is 28.8. The first-order chi connectivity index (χ1) is 11.9. The Morgan fingerprint density at radius 3 is 2.52 bits per heavy atom. The summed E-state index contributed by atoms with van der Waals surface area (Å²) in [5, 5.41) is -0.779. The number of imidazole rings is 1. The van der Waals surface area contributed by atoms with Crippen molar-refractivity contribution in [3.8, 4) is 11.4 Å². The molecule has 1 aromatic carbocycles. The molecule has 1 N–H and O–H groups in total. The summed E-state index contributed by atoms with van der Waals surface area (Å²) in [4.78, 5) is 16.7. The molecule has 1 heterocycles. The number of allylic oxidation sites excluding steroid dienone is 3. The lowest BCUT2D eigenvalue weighted by atomic mass is 10.0. The summed E-state index contributed by atoms with van der Waals surface area (Å²) >= 11 is 0. The van der Waals surface area contributed by atoms with E-state index in [-0.39, 0.29) is 11.6 Å². The number of carbonyl (C=O) groups is 1. The van der Waals surface area contributed by atoms with E-state index in [2.05, 4.69) is 9.71 Å². The molecule has 0 radical (unpaired) electrons. The van der Waals surface area contributed by atoms with Gasteiger partial charge in [0.15, 0.2) is 0 Å². The minimum absolute atomic E-state index is 0.0629. The van der Waals surface area contributed by atoms with Crippen LogP contribution in [-0.4, -0.2) is 29.1 Å². The van der Waals surface area contributed by atoms with Crippen LogP contribution in [0.5, 0.6) is 0 Å². The number of hydrogen-bond donors (Lipinski definition) is 1. The molecule has 0 fully saturated rings. The van der Waals surface area contributed by atoms with E-state index in [1.165, 1.54) is 6.20 Å². The molecule has 0 spiro atoms. The van der Waals surface area contributed by atoms with Crippen molar-refractivity contribution in [3.63, 3.8) is 0 Å². The highest BCUT2D eigenvalue weighted by molar-refractivity contribution is 7.90. The first-order valence-corrected chi connectivity index (χ1v) is 9.43. The maximum Gasteiger partial charge on any atom is 0.284 e. The molecular formula is C18H19N3O3S. The molecule has 0 bridgehead atoms. The van der Waals surface area contributed by atoms with Gasteiger partial charge >= 0.3 is 0 Å². The molecule has 1 amide bonds. The molecule has 3 rings (SSSR count). The van der Waals surface area contributed by atoms with E-state index < -0.39 is 21.2 Å². The molecular weight excluding hydrogens is 338 g/mol. The molecule has 130 valence electrons. The molecule has 0 aliphatic heterocycles. The SMILES string of the molecule is CC1C=CC=CC1S(=O)(=O)NC(=O)c1cn(C)c(-c2ccccc2)n1. The number of hydrogen-bond acceptors (Lipinski definition) is 4. The number of aryl methyl sites for hydroxylation is 1. The lowest BCUT2D eigenvalue weighted by molar-refractivity contribution is 0.0976. The number of sulfonamides is 1. The van der Waals surface area contributed by atoms with E-state index in [0.717, 1.165) is 5.56 Å². The van der Waals surface area contributed by atoms with Gasteiger partial charge in [-0.2, -0.15) is 0 Å². The van der Waals surface area contributed by atoms with Gasteiger partial charge in [0.25, 0.3) is 5.91 Å². The van der Waals surface area contributed by atoms with Crippen molar-refractivity contribution in [1.82, 2.24) is 14.3 Å². The Kier molecular flexibility index (Phi) is 4.59. The van der Waals surface area contributed by atoms with Gasteiger partial charge in [0.05, 0.1) is 0 Å². The summed E-state index contributed by atoms with van der Waals surface area (Å²) in [5.41, 5.74) is 0.911. The van der Waals surface area contributed by atoms with Gasteiger partial charge < -0.3 is 4.57 Å². The van der Waals surface area contributed by atoms with Crippen molar-refractivity contribution in [2.75, 3.05) is 0 Å². The molecule has 6 nitrogen and oxygen atoms in total. The van der Waals surface area contributed by atoms with Crippen LogP contribution in [0.25, 0.3) is 11.4 Å². The van der Waals surface area contributed by atoms with E-state index in [1.54, 1.807) is 42.8 Å². The topological polar surface area (TPSA) is 81.1 Å². The third-order valence-electron chi connectivity index (χ3n) is 4.08. The zero-order valence-electron chi connectivity index (χ0n) is 14.0. The lowest BCUT2D eigenvalue weighted by Crippen LogP contribution is -2.40. The molecule has 7 heteroatoms. The van der Waals surface area contributed by atoms with E-state index in [0.29, 0.717) is 5.82 Å². The minimum atomic E-state index is -3.83. The Labute approximate surface area is 146 Å². The summed E-state index contributed by atoms with van der Waals surface area (Å²) in [6.07, 6.45) is 8.36. The number of carbonyl (C=O) groups excluding carboxylic acids is 1. The van der Waals surface area contributed by atoms with Crippen LogP contribution >= 0.6 is 0 Å². The number of amides is 1. The normalized spacial score (nSPS) is 19.8. The van der Waals surface area contributed by atoms with E-state index in [1.807, 2.05) is 30.3 Å². The van der Waals surface area contributed by atoms with Gasteiger partial charge in [-0.25, -0.2) is 18.1 Å². The van der Waals surface area contributed by atoms with E-state index in [4.69, 9.17) is 0 Å². The third-order valence-corrected chi connectivity index (χ3v) is 5.85. The number of rotatable bonds is 4. The molecule has 2 aromatic rings. The number of benzene rings is 1. The van der Waals surface area contributed by atoms with Gasteiger partial charge in [0.2, 0.25) is 10.0 Å². The van der Waals surface area contributed by atoms with Crippen LogP contribution in [0.3, 0.4) is 0 Å². The highest BCUT2D eigenvalue weighted by atomic mass is 32.2. The van der Waals surface area contributed by atoms with Crippen LogP contribution < -0.4 is 4.72 Å². The maximum atomic E-state index is 12.5. The molecule has 2 unspecified atom stereocenters. The van der Waals surface area contributed by atoms with Crippen molar-refractivity contribution in [3.05, 3.63) is 66.5 Å². The smallest absolute Gasteiger partial charge is 0.284 e. The first kappa shape index (κ1) is 17.2. The zero-order chi connectivity index (χ0) is 18.0. The minimum Gasteiger partial charge on any atom is -0.333 e. The fourth-order valence-corrected chi connectivity index (χ4v) is 4.22. The van der Waals surface area contributed by atoms with E-state index >= 15 is 0 Å². The van der Waals surface area contributed by atoms with Gasteiger partial charge in [-0.05, 0) is 5.92 Å². The Balaban J connectivity index is 1.83.